The molecule has 0 radical (unpaired) electrons. The van der Waals surface area contributed by atoms with Gasteiger partial charge in [0.25, 0.3) is 0 Å². The molecule has 6 nitrogen and oxygen atoms in total. The minimum Gasteiger partial charge on any atom is -0.334 e. The Hall–Kier alpha value is -1.69. The topological polar surface area (TPSA) is 60.6 Å². The molecule has 2 unspecified atom stereocenters. The molecule has 0 bridgehead atoms. The number of nitrogens with zero attached hydrogens (tertiary/aromatic N) is 5. The lowest BCUT2D eigenvalue weighted by Crippen LogP contribution is -2.41. The van der Waals surface area contributed by atoms with E-state index in [0.29, 0.717) is 18.0 Å². The van der Waals surface area contributed by atoms with Crippen molar-refractivity contribution in [3.8, 4) is 0 Å². The van der Waals surface area contributed by atoms with Crippen LogP contribution in [0.2, 0.25) is 0 Å². The summed E-state index contributed by atoms with van der Waals surface area (Å²) in [6.07, 6.45) is 8.57. The first-order chi connectivity index (χ1) is 10.7. The summed E-state index contributed by atoms with van der Waals surface area (Å²) in [7, 11) is 0. The van der Waals surface area contributed by atoms with Crippen LogP contribution in [0.15, 0.2) is 12.4 Å². The monoisotopic (exact) mass is 300 g/mol. The van der Waals surface area contributed by atoms with Crippen LogP contribution < -0.4 is 5.32 Å². The first kappa shape index (κ1) is 13.9. The van der Waals surface area contributed by atoms with E-state index in [1.807, 2.05) is 6.20 Å². The highest BCUT2D eigenvalue weighted by molar-refractivity contribution is 5.07. The highest BCUT2D eigenvalue weighted by Gasteiger charge is 2.28. The molecule has 6 heteroatoms. The smallest absolute Gasteiger partial charge is 0.135 e. The Labute approximate surface area is 131 Å². The van der Waals surface area contributed by atoms with Crippen molar-refractivity contribution in [1.82, 2.24) is 29.6 Å². The van der Waals surface area contributed by atoms with Gasteiger partial charge in [-0.05, 0) is 19.3 Å². The molecule has 0 amide bonds. The lowest BCUT2D eigenvalue weighted by molar-refractivity contribution is 0.296. The summed E-state index contributed by atoms with van der Waals surface area (Å²) in [5, 5.41) is 12.6. The van der Waals surface area contributed by atoms with E-state index < -0.39 is 0 Å². The third-order valence-electron chi connectivity index (χ3n) is 4.88. The molecule has 2 aliphatic rings. The van der Waals surface area contributed by atoms with Crippen LogP contribution in [-0.4, -0.2) is 30.4 Å². The molecule has 118 valence electrons. The summed E-state index contributed by atoms with van der Waals surface area (Å²) in [6.45, 7) is 6.46. The predicted molar refractivity (Wildman–Crippen MR) is 83.6 cm³/mol. The third kappa shape index (κ3) is 2.35. The van der Waals surface area contributed by atoms with Crippen LogP contribution in [0.4, 0.5) is 0 Å². The lowest BCUT2D eigenvalue weighted by atomic mass is 10.0. The average Bonchev–Trinajstić information content (AvgIpc) is 3.13. The Balaban J connectivity index is 1.51. The minimum absolute atomic E-state index is 0.384. The van der Waals surface area contributed by atoms with Gasteiger partial charge in [-0.2, -0.15) is 0 Å². The summed E-state index contributed by atoms with van der Waals surface area (Å²) in [5.41, 5.74) is 0. The van der Waals surface area contributed by atoms with Crippen molar-refractivity contribution < 1.29 is 0 Å². The summed E-state index contributed by atoms with van der Waals surface area (Å²) < 4.78 is 4.61. The number of nitrogens with one attached hydrogen (secondary N) is 1. The second-order valence-corrected chi connectivity index (χ2v) is 6.82. The highest BCUT2D eigenvalue weighted by atomic mass is 15.3. The van der Waals surface area contributed by atoms with Crippen LogP contribution in [-0.2, 0) is 19.5 Å². The van der Waals surface area contributed by atoms with Crippen LogP contribution in [0.5, 0.6) is 0 Å². The van der Waals surface area contributed by atoms with Gasteiger partial charge in [-0.3, -0.25) is 0 Å². The van der Waals surface area contributed by atoms with Gasteiger partial charge in [-0.25, -0.2) is 4.98 Å². The van der Waals surface area contributed by atoms with Gasteiger partial charge in [0.2, 0.25) is 0 Å². The summed E-state index contributed by atoms with van der Waals surface area (Å²) in [5.74, 6) is 3.89. The van der Waals surface area contributed by atoms with Gasteiger partial charge in [-0.15, -0.1) is 10.2 Å². The van der Waals surface area contributed by atoms with Gasteiger partial charge in [0.1, 0.15) is 17.5 Å². The van der Waals surface area contributed by atoms with Gasteiger partial charge in [0, 0.05) is 43.9 Å². The molecule has 0 saturated heterocycles. The summed E-state index contributed by atoms with van der Waals surface area (Å²) >= 11 is 0. The van der Waals surface area contributed by atoms with Crippen molar-refractivity contribution in [1.29, 1.82) is 0 Å². The van der Waals surface area contributed by atoms with Crippen molar-refractivity contribution in [2.24, 2.45) is 0 Å². The maximum absolute atomic E-state index is 4.55. The van der Waals surface area contributed by atoms with Gasteiger partial charge >= 0.3 is 0 Å². The second kappa shape index (κ2) is 5.50. The number of imidazole rings is 1. The molecule has 2 atom stereocenters. The van der Waals surface area contributed by atoms with E-state index in [4.69, 9.17) is 0 Å². The lowest BCUT2D eigenvalue weighted by Gasteiger charge is -2.32. The van der Waals surface area contributed by atoms with E-state index >= 15 is 0 Å². The number of hydrogen-bond acceptors (Lipinski definition) is 4. The molecule has 0 spiro atoms. The van der Waals surface area contributed by atoms with E-state index in [0.717, 1.165) is 37.6 Å². The highest BCUT2D eigenvalue weighted by Crippen LogP contribution is 2.26. The van der Waals surface area contributed by atoms with Crippen LogP contribution in [0.3, 0.4) is 0 Å². The van der Waals surface area contributed by atoms with E-state index in [1.54, 1.807) is 0 Å². The standard InChI is InChI=1S/C16H24N6/c1-11(2)15-20-19-14-6-5-12(10-22(14)15)18-13-4-3-8-21-9-7-17-16(13)21/h7,9,11-13,18H,3-6,8,10H2,1-2H3. The van der Waals surface area contributed by atoms with Gasteiger partial charge < -0.3 is 14.5 Å². The zero-order valence-electron chi connectivity index (χ0n) is 13.4. The minimum atomic E-state index is 0.384. The normalized spacial score (nSPS) is 24.3. The van der Waals surface area contributed by atoms with Crippen molar-refractivity contribution in [2.75, 3.05) is 0 Å². The molecular weight excluding hydrogens is 276 g/mol. The Kier molecular flexibility index (Phi) is 3.48. The second-order valence-electron chi connectivity index (χ2n) is 6.82. The first-order valence-corrected chi connectivity index (χ1v) is 8.41. The van der Waals surface area contributed by atoms with Crippen molar-refractivity contribution >= 4 is 0 Å². The summed E-state index contributed by atoms with van der Waals surface area (Å²) in [4.78, 5) is 4.55. The largest absolute Gasteiger partial charge is 0.334 e. The van der Waals surface area contributed by atoms with Gasteiger partial charge in [0.05, 0.1) is 6.04 Å². The third-order valence-corrected chi connectivity index (χ3v) is 4.88. The molecule has 4 rings (SSSR count). The van der Waals surface area contributed by atoms with E-state index in [1.165, 1.54) is 18.7 Å². The number of hydrogen-bond donors (Lipinski definition) is 1. The van der Waals surface area contributed by atoms with Gasteiger partial charge in [-0.1, -0.05) is 13.8 Å². The Morgan fingerprint density at radius 2 is 2.18 bits per heavy atom. The fraction of sp³-hybridized carbons (Fsp3) is 0.688. The maximum atomic E-state index is 4.55. The van der Waals surface area contributed by atoms with Crippen molar-refractivity contribution in [2.45, 2.75) is 70.6 Å². The number of rotatable bonds is 3. The fourth-order valence-corrected chi connectivity index (χ4v) is 3.77. The first-order valence-electron chi connectivity index (χ1n) is 8.41. The molecule has 22 heavy (non-hydrogen) atoms. The number of fused-ring (bicyclic) bond motifs is 2. The SMILES string of the molecule is CC(C)c1nnc2n1CC(NC1CCCn3ccnc31)CC2. The molecule has 4 heterocycles. The van der Waals surface area contributed by atoms with Crippen LogP contribution in [0.25, 0.3) is 0 Å². The van der Waals surface area contributed by atoms with E-state index in [2.05, 4.69) is 49.7 Å². The predicted octanol–water partition coefficient (Wildman–Crippen LogP) is 2.04. The Morgan fingerprint density at radius 3 is 3.05 bits per heavy atom. The fourth-order valence-electron chi connectivity index (χ4n) is 3.77. The molecule has 0 saturated carbocycles. The molecular formula is C16H24N6. The van der Waals surface area contributed by atoms with Crippen LogP contribution in [0.1, 0.15) is 62.5 Å². The zero-order chi connectivity index (χ0) is 15.1. The molecule has 0 aromatic carbocycles. The summed E-state index contributed by atoms with van der Waals surface area (Å²) in [6, 6.07) is 0.864. The molecule has 1 N–H and O–H groups in total. The van der Waals surface area contributed by atoms with Crippen molar-refractivity contribution in [3.05, 3.63) is 29.9 Å². The Bertz CT molecular complexity index is 655. The maximum Gasteiger partial charge on any atom is 0.135 e. The zero-order valence-corrected chi connectivity index (χ0v) is 13.4. The molecule has 0 aliphatic carbocycles. The number of aromatic nitrogens is 5. The molecule has 2 aromatic rings. The average molecular weight is 300 g/mol. The molecule has 2 aromatic heterocycles. The van der Waals surface area contributed by atoms with Crippen molar-refractivity contribution in [3.63, 3.8) is 0 Å². The molecule has 0 fully saturated rings. The van der Waals surface area contributed by atoms with E-state index in [-0.39, 0.29) is 0 Å². The van der Waals surface area contributed by atoms with Crippen LogP contribution >= 0.6 is 0 Å². The van der Waals surface area contributed by atoms with Gasteiger partial charge in [0.15, 0.2) is 0 Å². The van der Waals surface area contributed by atoms with E-state index in [9.17, 15) is 0 Å². The Morgan fingerprint density at radius 1 is 1.27 bits per heavy atom. The quantitative estimate of drug-likeness (QED) is 0.942. The molecule has 2 aliphatic heterocycles. The van der Waals surface area contributed by atoms with Crippen LogP contribution in [0, 0.1) is 0 Å². The number of aryl methyl sites for hydroxylation is 2.